The number of carbonyl (C=O) groups excluding carboxylic acids is 4. The number of aliphatic carboxylic acids is 1. The molecule has 17 heteroatoms. The summed E-state index contributed by atoms with van der Waals surface area (Å²) < 4.78 is 40.0. The molecule has 5 N–H and O–H groups in total. The molecule has 0 aliphatic carbocycles. The number of nitrogens with one attached hydrogen (secondary N) is 4. The molecule has 3 aromatic carbocycles. The van der Waals surface area contributed by atoms with Gasteiger partial charge >= 0.3 is 12.1 Å². The van der Waals surface area contributed by atoms with Crippen LogP contribution < -0.4 is 26.3 Å². The number of halogens is 4. The summed E-state index contributed by atoms with van der Waals surface area (Å²) in [5.74, 6) is -1.74. The fourth-order valence-electron chi connectivity index (χ4n) is 5.89. The first-order valence-corrected chi connectivity index (χ1v) is 19.6. The molecule has 4 amide bonds. The summed E-state index contributed by atoms with van der Waals surface area (Å²) in [6.45, 7) is 3.25. The Balaban J connectivity index is 1.33. The molecule has 300 valence electrons. The maximum atomic E-state index is 13.5. The topological polar surface area (TPSA) is 169 Å². The number of nitrogens with zero attached hydrogens (tertiary/aromatic N) is 2. The lowest BCUT2D eigenvalue weighted by Gasteiger charge is -2.29. The quantitative estimate of drug-likeness (QED) is 0.0527. The Bertz CT molecular complexity index is 1910. The van der Waals surface area contributed by atoms with E-state index in [1.807, 2.05) is 12.1 Å². The molecule has 56 heavy (non-hydrogen) atoms. The number of piperidine rings is 1. The minimum Gasteiger partial charge on any atom is -0.480 e. The number of benzene rings is 3. The number of hydrogen-bond acceptors (Lipinski definition) is 8. The van der Waals surface area contributed by atoms with E-state index in [-0.39, 0.29) is 35.6 Å². The van der Waals surface area contributed by atoms with Gasteiger partial charge in [0, 0.05) is 55.7 Å². The van der Waals surface area contributed by atoms with Crippen LogP contribution in [0.2, 0.25) is 5.02 Å². The molecule has 0 radical (unpaired) electrons. The maximum Gasteiger partial charge on any atom is 0.417 e. The number of hydrogen-bond donors (Lipinski definition) is 5. The first-order chi connectivity index (χ1) is 26.7. The molecule has 1 unspecified atom stereocenters. The Hall–Kier alpha value is -5.09. The lowest BCUT2D eigenvalue weighted by Crippen LogP contribution is -2.39. The zero-order valence-corrected chi connectivity index (χ0v) is 32.3. The number of hydrazone groups is 1. The highest BCUT2D eigenvalue weighted by atomic mass is 35.5. The molecular weight excluding hydrogens is 773 g/mol. The lowest BCUT2D eigenvalue weighted by atomic mass is 10.1. The summed E-state index contributed by atoms with van der Waals surface area (Å²) in [6, 6.07) is 14.4. The van der Waals surface area contributed by atoms with Gasteiger partial charge in [0.1, 0.15) is 6.04 Å². The van der Waals surface area contributed by atoms with Crippen LogP contribution in [0.3, 0.4) is 0 Å². The van der Waals surface area contributed by atoms with Crippen molar-refractivity contribution in [2.75, 3.05) is 35.6 Å². The summed E-state index contributed by atoms with van der Waals surface area (Å²) in [5, 5.41) is 20.6. The summed E-state index contributed by atoms with van der Waals surface area (Å²) in [6.07, 6.45) is 1.12. The SMILES string of the molecule is CC(=O)NC(CCCCNC(=O)CCSCc1cccc(C(=O)Nc2ccc(N3CCCCC3)cc2C(=O)NN=Cc2ccc(Cl)c(C(F)(F)F)c2)c1)C(=O)O. The van der Waals surface area contributed by atoms with Gasteiger partial charge in [-0.1, -0.05) is 29.8 Å². The highest BCUT2D eigenvalue weighted by molar-refractivity contribution is 7.98. The second-order valence-corrected chi connectivity index (χ2v) is 14.6. The van der Waals surface area contributed by atoms with E-state index >= 15 is 0 Å². The molecule has 1 heterocycles. The normalized spacial score (nSPS) is 13.6. The second kappa shape index (κ2) is 21.3. The summed E-state index contributed by atoms with van der Waals surface area (Å²) >= 11 is 7.23. The predicted molar refractivity (Wildman–Crippen MR) is 211 cm³/mol. The van der Waals surface area contributed by atoms with Crippen molar-refractivity contribution in [3.05, 3.63) is 93.5 Å². The van der Waals surface area contributed by atoms with Crippen molar-refractivity contribution in [3.8, 4) is 0 Å². The molecule has 1 aliphatic heterocycles. The smallest absolute Gasteiger partial charge is 0.417 e. The van der Waals surface area contributed by atoms with E-state index in [1.54, 1.807) is 30.3 Å². The molecule has 0 spiro atoms. The van der Waals surface area contributed by atoms with Crippen molar-refractivity contribution in [3.63, 3.8) is 0 Å². The van der Waals surface area contributed by atoms with E-state index in [1.165, 1.54) is 24.8 Å². The standard InChI is InChI=1S/C39H44ClF3N6O6S/c1-25(50)46-34(38(54)55)10-3-4-16-44-35(51)15-19-56-24-27-8-7-9-28(20-27)36(52)47-33-14-12-29(49-17-5-2-6-18-49)22-30(33)37(53)48-45-23-26-11-13-32(40)31(21-26)39(41,42)43/h7-9,11-14,20-23,34H,2-6,10,15-19,24H2,1H3,(H,44,51)(H,46,50)(H,47,52)(H,48,53)(H,54,55). The fraction of sp³-hybridized carbons (Fsp3) is 0.385. The van der Waals surface area contributed by atoms with Gasteiger partial charge in [-0.3, -0.25) is 19.2 Å². The van der Waals surface area contributed by atoms with Crippen LogP contribution in [0.4, 0.5) is 24.5 Å². The zero-order valence-electron chi connectivity index (χ0n) is 30.7. The van der Waals surface area contributed by atoms with E-state index in [9.17, 15) is 42.3 Å². The molecule has 1 saturated heterocycles. The van der Waals surface area contributed by atoms with Crippen LogP contribution in [0.25, 0.3) is 0 Å². The fourth-order valence-corrected chi connectivity index (χ4v) is 7.00. The van der Waals surface area contributed by atoms with E-state index in [0.717, 1.165) is 62.0 Å². The van der Waals surface area contributed by atoms with Crippen LogP contribution in [0.1, 0.15) is 89.3 Å². The number of rotatable bonds is 18. The number of carbonyl (C=O) groups is 5. The molecule has 12 nitrogen and oxygen atoms in total. The number of thioether (sulfide) groups is 1. The van der Waals surface area contributed by atoms with Crippen LogP contribution >= 0.6 is 23.4 Å². The molecule has 4 rings (SSSR count). The Morgan fingerprint density at radius 1 is 0.982 bits per heavy atom. The van der Waals surface area contributed by atoms with Gasteiger partial charge in [0.25, 0.3) is 11.8 Å². The van der Waals surface area contributed by atoms with E-state index < -0.39 is 46.5 Å². The number of carboxylic acid groups (broad SMARTS) is 1. The van der Waals surface area contributed by atoms with Gasteiger partial charge in [-0.05, 0) is 92.1 Å². The van der Waals surface area contributed by atoms with Crippen molar-refractivity contribution in [1.82, 2.24) is 16.1 Å². The predicted octanol–water partition coefficient (Wildman–Crippen LogP) is 6.86. The summed E-state index contributed by atoms with van der Waals surface area (Å²) in [7, 11) is 0. The highest BCUT2D eigenvalue weighted by Gasteiger charge is 2.33. The number of unbranched alkanes of at least 4 members (excludes halogenated alkanes) is 1. The minimum atomic E-state index is -4.67. The van der Waals surface area contributed by atoms with Crippen LogP contribution in [0.5, 0.6) is 0 Å². The second-order valence-electron chi connectivity index (χ2n) is 13.1. The van der Waals surface area contributed by atoms with Gasteiger partial charge in [-0.25, -0.2) is 10.2 Å². The zero-order chi connectivity index (χ0) is 40.7. The van der Waals surface area contributed by atoms with Crippen LogP contribution in [-0.2, 0) is 26.3 Å². The third-order valence-electron chi connectivity index (χ3n) is 8.74. The molecule has 1 atom stereocenters. The number of anilines is 2. The van der Waals surface area contributed by atoms with Crippen molar-refractivity contribution in [2.24, 2.45) is 5.10 Å². The Morgan fingerprint density at radius 3 is 2.46 bits per heavy atom. The van der Waals surface area contributed by atoms with Gasteiger partial charge in [0.2, 0.25) is 11.8 Å². The van der Waals surface area contributed by atoms with Crippen LogP contribution in [0, 0.1) is 0 Å². The van der Waals surface area contributed by atoms with Gasteiger partial charge in [-0.2, -0.15) is 30.0 Å². The van der Waals surface area contributed by atoms with Gasteiger partial charge in [-0.15, -0.1) is 0 Å². The third kappa shape index (κ3) is 13.9. The molecule has 0 saturated carbocycles. The number of amides is 4. The van der Waals surface area contributed by atoms with Crippen molar-refractivity contribution >= 4 is 70.6 Å². The molecule has 0 aromatic heterocycles. The maximum absolute atomic E-state index is 13.5. The first kappa shape index (κ1) is 43.6. The summed E-state index contributed by atoms with van der Waals surface area (Å²) in [5.41, 5.74) is 3.71. The molecule has 1 fully saturated rings. The van der Waals surface area contributed by atoms with Crippen molar-refractivity contribution < 1.29 is 42.3 Å². The largest absolute Gasteiger partial charge is 0.480 e. The van der Waals surface area contributed by atoms with Crippen molar-refractivity contribution in [2.45, 2.75) is 69.8 Å². The first-order valence-electron chi connectivity index (χ1n) is 18.0. The molecule has 1 aliphatic rings. The number of carboxylic acids is 1. The van der Waals surface area contributed by atoms with E-state index in [0.29, 0.717) is 36.5 Å². The van der Waals surface area contributed by atoms with Gasteiger partial charge in [0.15, 0.2) is 0 Å². The molecule has 0 bridgehead atoms. The van der Waals surface area contributed by atoms with Gasteiger partial charge in [0.05, 0.1) is 28.1 Å². The molecular formula is C39H44ClF3N6O6S. The van der Waals surface area contributed by atoms with Crippen LogP contribution in [-0.4, -0.2) is 72.3 Å². The average Bonchev–Trinajstić information content (AvgIpc) is 3.16. The summed E-state index contributed by atoms with van der Waals surface area (Å²) in [4.78, 5) is 63.7. The Morgan fingerprint density at radius 2 is 1.75 bits per heavy atom. The third-order valence-corrected chi connectivity index (χ3v) is 10.1. The Kier molecular flexibility index (Phi) is 16.6. The average molecular weight is 817 g/mol. The van der Waals surface area contributed by atoms with E-state index in [2.05, 4.69) is 31.4 Å². The Labute approximate surface area is 332 Å². The van der Waals surface area contributed by atoms with E-state index in [4.69, 9.17) is 11.6 Å². The number of alkyl halides is 3. The molecule has 3 aromatic rings. The van der Waals surface area contributed by atoms with Crippen LogP contribution in [0.15, 0.2) is 65.8 Å². The highest BCUT2D eigenvalue weighted by Crippen LogP contribution is 2.35. The lowest BCUT2D eigenvalue weighted by molar-refractivity contribution is -0.141. The minimum absolute atomic E-state index is 0.0698. The van der Waals surface area contributed by atoms with Crippen molar-refractivity contribution in [1.29, 1.82) is 0 Å². The monoisotopic (exact) mass is 816 g/mol. The van der Waals surface area contributed by atoms with Gasteiger partial charge < -0.3 is 26.0 Å².